The third kappa shape index (κ3) is 48.9. The molecule has 0 unspecified atom stereocenters. The second-order valence-electron chi connectivity index (χ2n) is 17.5. The lowest BCUT2D eigenvalue weighted by Gasteiger charge is -2.03. The van der Waals surface area contributed by atoms with Crippen LogP contribution in [0.1, 0.15) is 232 Å². The van der Waals surface area contributed by atoms with Gasteiger partial charge in [-0.1, -0.05) is 181 Å². The summed E-state index contributed by atoms with van der Waals surface area (Å²) in [6.45, 7) is 9.37. The fourth-order valence-corrected chi connectivity index (χ4v) is 7.68. The van der Waals surface area contributed by atoms with Crippen molar-refractivity contribution in [3.63, 3.8) is 0 Å². The van der Waals surface area contributed by atoms with E-state index in [2.05, 4.69) is 69.6 Å². The van der Waals surface area contributed by atoms with Crippen LogP contribution in [-0.2, 0) is 46.4 Å². The lowest BCUT2D eigenvalue weighted by molar-refractivity contribution is -0.697. The molecule has 0 radical (unpaired) electrons. The zero-order valence-electron chi connectivity index (χ0n) is 39.4. The Morgan fingerprint density at radius 2 is 0.567 bits per heavy atom. The lowest BCUT2D eigenvalue weighted by atomic mass is 10.0. The topological polar surface area (TPSA) is 132 Å². The summed E-state index contributed by atoms with van der Waals surface area (Å²) < 4.78 is 64.1. The van der Waals surface area contributed by atoms with Crippen LogP contribution in [0.4, 0.5) is 0 Å². The Labute approximate surface area is 371 Å². The van der Waals surface area contributed by atoms with Crippen LogP contribution in [0.5, 0.6) is 0 Å². The number of rotatable bonds is 39. The van der Waals surface area contributed by atoms with E-state index in [9.17, 15) is 0 Å². The summed E-state index contributed by atoms with van der Waals surface area (Å²) in [6, 6.07) is 0. The van der Waals surface area contributed by atoms with Crippen molar-refractivity contribution < 1.29 is 35.1 Å². The van der Waals surface area contributed by atoms with Crippen LogP contribution in [0.15, 0.2) is 37.4 Å². The molecule has 60 heavy (non-hydrogen) atoms. The lowest BCUT2D eigenvalue weighted by Crippen LogP contribution is -2.30. The monoisotopic (exact) mass is 887 g/mol. The second-order valence-corrected chi connectivity index (χ2v) is 20.3. The largest absolute Gasteiger partial charge is 0.748 e. The van der Waals surface area contributed by atoms with E-state index in [0.717, 1.165) is 0 Å². The van der Waals surface area contributed by atoms with Crippen molar-refractivity contribution in [1.29, 1.82) is 0 Å². The Balaban J connectivity index is 0.00000309. The molecule has 2 heterocycles. The van der Waals surface area contributed by atoms with Crippen molar-refractivity contribution in [3.05, 3.63) is 37.4 Å². The Bertz CT molecular complexity index is 1290. The Kier molecular flexibility index (Phi) is 40.1. The summed E-state index contributed by atoms with van der Waals surface area (Å²) >= 11 is 0. The van der Waals surface area contributed by atoms with Crippen LogP contribution in [0.3, 0.4) is 0 Å². The van der Waals surface area contributed by atoms with E-state index < -0.39 is 20.2 Å². The van der Waals surface area contributed by atoms with Crippen molar-refractivity contribution in [2.75, 3.05) is 12.5 Å². The Morgan fingerprint density at radius 3 is 0.800 bits per heavy atom. The highest BCUT2D eigenvalue weighted by Gasteiger charge is 2.05. The van der Waals surface area contributed by atoms with Gasteiger partial charge in [0.15, 0.2) is 0 Å². The molecule has 0 spiro atoms. The standard InChI is InChI=1S/C46H88N4.2CH4O3S/c1-3-5-7-9-11-13-21-25-29-33-37-47-41-43-49(45-47)39-35-31-27-23-19-17-15-16-18-20-24-28-32-36-40-50-44-42-48(46-50)38-34-30-26-22-14-12-10-8-6-4-2;2*1-5(2,3)4/h41-46H,3-40H2,1-2H3;2*1H3,(H,2,3,4)/q+2;;/p-2. The minimum atomic E-state index is -3.92. The van der Waals surface area contributed by atoms with Crippen LogP contribution in [0, 0.1) is 0 Å². The molecule has 2 aromatic rings. The molecule has 0 saturated heterocycles. The number of hydrogen-bond acceptors (Lipinski definition) is 6. The first-order valence-corrected chi connectivity index (χ1v) is 28.4. The van der Waals surface area contributed by atoms with Crippen molar-refractivity contribution in [2.24, 2.45) is 0 Å². The summed E-state index contributed by atoms with van der Waals surface area (Å²) in [5.41, 5.74) is 0. The van der Waals surface area contributed by atoms with E-state index in [1.54, 1.807) is 0 Å². The van der Waals surface area contributed by atoms with Crippen LogP contribution in [0.25, 0.3) is 0 Å². The Morgan fingerprint density at radius 1 is 0.367 bits per heavy atom. The fourth-order valence-electron chi connectivity index (χ4n) is 7.68. The highest BCUT2D eigenvalue weighted by atomic mass is 32.2. The van der Waals surface area contributed by atoms with Crippen molar-refractivity contribution in [1.82, 2.24) is 9.13 Å². The van der Waals surface area contributed by atoms with Crippen LogP contribution >= 0.6 is 0 Å². The molecule has 0 aromatic carbocycles. The molecule has 0 aliphatic carbocycles. The minimum Gasteiger partial charge on any atom is -0.748 e. The van der Waals surface area contributed by atoms with E-state index in [0.29, 0.717) is 12.5 Å². The zero-order valence-corrected chi connectivity index (χ0v) is 41.0. The molecular weight excluding hydrogens is 793 g/mol. The van der Waals surface area contributed by atoms with Crippen molar-refractivity contribution in [3.8, 4) is 0 Å². The van der Waals surface area contributed by atoms with Gasteiger partial charge in [0.25, 0.3) is 0 Å². The smallest absolute Gasteiger partial charge is 0.243 e. The molecule has 0 fully saturated rings. The summed E-state index contributed by atoms with van der Waals surface area (Å²) in [5.74, 6) is 0. The van der Waals surface area contributed by atoms with Gasteiger partial charge < -0.3 is 9.11 Å². The van der Waals surface area contributed by atoms with Crippen molar-refractivity contribution in [2.45, 2.75) is 258 Å². The zero-order chi connectivity index (χ0) is 44.4. The van der Waals surface area contributed by atoms with Gasteiger partial charge in [-0.2, -0.15) is 0 Å². The number of imidazole rings is 2. The first-order valence-electron chi connectivity index (χ1n) is 24.7. The summed E-state index contributed by atoms with van der Waals surface area (Å²) in [5, 5.41) is 0. The number of nitrogens with zero attached hydrogens (tertiary/aromatic N) is 4. The van der Waals surface area contributed by atoms with E-state index >= 15 is 0 Å². The molecule has 0 N–H and O–H groups in total. The summed E-state index contributed by atoms with van der Waals surface area (Å²) in [7, 11) is -7.83. The minimum absolute atomic E-state index is 0.604. The number of aryl methyl sites for hydroxylation is 4. The van der Waals surface area contributed by atoms with E-state index in [-0.39, 0.29) is 0 Å². The maximum Gasteiger partial charge on any atom is 0.243 e. The normalized spacial score (nSPS) is 11.6. The highest BCUT2D eigenvalue weighted by molar-refractivity contribution is 7.85. The van der Waals surface area contributed by atoms with Crippen LogP contribution in [0.2, 0.25) is 0 Å². The van der Waals surface area contributed by atoms with Crippen LogP contribution < -0.4 is 9.13 Å². The van der Waals surface area contributed by atoms with E-state index in [4.69, 9.17) is 25.9 Å². The van der Waals surface area contributed by atoms with Gasteiger partial charge in [0.1, 0.15) is 24.8 Å². The molecule has 0 aliphatic rings. The van der Waals surface area contributed by atoms with Gasteiger partial charge >= 0.3 is 0 Å². The van der Waals surface area contributed by atoms with Gasteiger partial charge in [-0.05, 0) is 51.4 Å². The predicted molar refractivity (Wildman–Crippen MR) is 249 cm³/mol. The summed E-state index contributed by atoms with van der Waals surface area (Å²) in [4.78, 5) is 0. The van der Waals surface area contributed by atoms with Gasteiger partial charge in [0.2, 0.25) is 12.7 Å². The molecule has 10 nitrogen and oxygen atoms in total. The number of aromatic nitrogens is 4. The SMILES string of the molecule is CCCCCCCCCCCCn1cc[n+](CCCCCCCCCCCCCCCC[n+]2ccn(CCCCCCCCCCCC)c2)c1.CS(=O)(=O)[O-].CS(=O)(=O)[O-]. The second kappa shape index (κ2) is 41.3. The molecule has 2 rings (SSSR count). The molecule has 0 bridgehead atoms. The molecule has 2 aromatic heterocycles. The number of unbranched alkanes of at least 4 members (excludes halogenated alkanes) is 31. The maximum absolute atomic E-state index is 9.08. The van der Waals surface area contributed by atoms with Gasteiger partial charge in [-0.25, -0.2) is 35.1 Å². The average molecular weight is 887 g/mol. The average Bonchev–Trinajstić information content (AvgIpc) is 3.84. The molecule has 0 aliphatic heterocycles. The fraction of sp³-hybridized carbons (Fsp3) is 0.875. The highest BCUT2D eigenvalue weighted by Crippen LogP contribution is 2.14. The molecule has 354 valence electrons. The first-order chi connectivity index (χ1) is 28.8. The van der Waals surface area contributed by atoms with E-state index in [1.807, 2.05) is 0 Å². The maximum atomic E-state index is 9.08. The molecule has 0 atom stereocenters. The number of hydrogen-bond donors (Lipinski definition) is 0. The third-order valence-corrected chi connectivity index (χ3v) is 11.1. The van der Waals surface area contributed by atoms with Crippen LogP contribution in [-0.4, -0.2) is 47.6 Å². The Hall–Kier alpha value is -1.76. The van der Waals surface area contributed by atoms with Gasteiger partial charge in [0.05, 0.1) is 46.4 Å². The molecule has 0 saturated carbocycles. The molecule has 0 amide bonds. The van der Waals surface area contributed by atoms with Crippen molar-refractivity contribution >= 4 is 20.2 Å². The first kappa shape index (κ1) is 58.2. The third-order valence-electron chi connectivity index (χ3n) is 11.1. The van der Waals surface area contributed by atoms with Gasteiger partial charge in [-0.15, -0.1) is 0 Å². The van der Waals surface area contributed by atoms with Gasteiger partial charge in [0, 0.05) is 12.5 Å². The molecule has 12 heteroatoms. The quantitative estimate of drug-likeness (QED) is 0.0373. The van der Waals surface area contributed by atoms with E-state index in [1.165, 1.54) is 244 Å². The summed E-state index contributed by atoms with van der Waals surface area (Å²) in [6.07, 6.45) is 63.2. The van der Waals surface area contributed by atoms with Gasteiger partial charge in [-0.3, -0.25) is 0 Å². The molecular formula is C48H94N4O6S2. The predicted octanol–water partition coefficient (Wildman–Crippen LogP) is 12.2.